The number of fused-ring (bicyclic) bond motifs is 3. The standard InChI is InChI=1S/C15H10Br.C15H9S.Zr.2H/c16-14-8-4-7-12-9-10-13(15(12)14)11-5-2-1-3-6-11;1-2-13-12-8-9-14(13)15(3-1)16-11-6-4-10(12)5-7-11;;;/h1-9,13H;1-7,9,12H;;;/q2*-1;+4;2*-1. The first-order valence-corrected chi connectivity index (χ1v) is 12.3. The molecule has 0 N–H and O–H groups in total. The molecule has 4 aliphatic rings. The van der Waals surface area contributed by atoms with Crippen LogP contribution < -0.4 is 0 Å². The van der Waals surface area contributed by atoms with E-state index in [0.717, 1.165) is 0 Å². The Hall–Kier alpha value is -1.93. The number of benzene rings is 4. The number of halogens is 1. The van der Waals surface area contributed by atoms with Crippen molar-refractivity contribution in [2.75, 3.05) is 0 Å². The Balaban J connectivity index is 0.000000180. The summed E-state index contributed by atoms with van der Waals surface area (Å²) in [6.07, 6.45) is 11.1. The summed E-state index contributed by atoms with van der Waals surface area (Å²) in [6.45, 7) is 0. The second-order valence-electron chi connectivity index (χ2n) is 8.07. The average molecular weight is 585 g/mol. The first-order valence-electron chi connectivity index (χ1n) is 10.7. The van der Waals surface area contributed by atoms with Crippen LogP contribution in [0.15, 0.2) is 105 Å². The van der Waals surface area contributed by atoms with Crippen LogP contribution in [0.4, 0.5) is 0 Å². The predicted octanol–water partition coefficient (Wildman–Crippen LogP) is 8.75. The van der Waals surface area contributed by atoms with Gasteiger partial charge in [0.2, 0.25) is 0 Å². The van der Waals surface area contributed by atoms with Gasteiger partial charge >= 0.3 is 26.2 Å². The van der Waals surface area contributed by atoms with Crippen LogP contribution in [-0.2, 0) is 26.2 Å². The molecule has 0 saturated heterocycles. The summed E-state index contributed by atoms with van der Waals surface area (Å²) in [7, 11) is 0. The summed E-state index contributed by atoms with van der Waals surface area (Å²) in [5, 5.41) is 0. The van der Waals surface area contributed by atoms with E-state index in [2.05, 4.69) is 125 Å². The Kier molecular flexibility index (Phi) is 6.75. The molecular weight excluding hydrogens is 564 g/mol. The van der Waals surface area contributed by atoms with Crippen molar-refractivity contribution in [2.24, 2.45) is 0 Å². The molecule has 0 spiro atoms. The topological polar surface area (TPSA) is 0 Å². The maximum atomic E-state index is 3.62. The van der Waals surface area contributed by atoms with E-state index in [9.17, 15) is 0 Å². The fraction of sp³-hybridized carbons (Fsp3) is 0.0667. The molecule has 4 aromatic rings. The van der Waals surface area contributed by atoms with Gasteiger partial charge in [-0.05, 0) is 12.1 Å². The van der Waals surface area contributed by atoms with E-state index >= 15 is 0 Å². The van der Waals surface area contributed by atoms with Crippen LogP contribution in [0.2, 0.25) is 0 Å². The summed E-state index contributed by atoms with van der Waals surface area (Å²) in [5.74, 6) is 0.606. The van der Waals surface area contributed by atoms with Crippen LogP contribution in [0.3, 0.4) is 0 Å². The Morgan fingerprint density at radius 3 is 2.24 bits per heavy atom. The molecule has 0 fully saturated rings. The summed E-state index contributed by atoms with van der Waals surface area (Å²) in [5.41, 5.74) is 8.00. The summed E-state index contributed by atoms with van der Waals surface area (Å²) in [4.78, 5) is 2.66. The smallest absolute Gasteiger partial charge is 1.00 e. The third-order valence-corrected chi connectivity index (χ3v) is 7.94. The van der Waals surface area contributed by atoms with Crippen LogP contribution in [0.5, 0.6) is 0 Å². The summed E-state index contributed by atoms with van der Waals surface area (Å²) in [6, 6.07) is 32.2. The molecule has 2 aliphatic heterocycles. The summed E-state index contributed by atoms with van der Waals surface area (Å²) >= 11 is 5.47. The Labute approximate surface area is 230 Å². The van der Waals surface area contributed by atoms with Gasteiger partial charge in [-0.3, -0.25) is 12.2 Å². The normalized spacial score (nSPS) is 17.8. The molecule has 0 aromatic heterocycles. The van der Waals surface area contributed by atoms with E-state index in [-0.39, 0.29) is 35.0 Å². The number of hydrogen-bond donors (Lipinski definition) is 0. The Morgan fingerprint density at radius 1 is 0.697 bits per heavy atom. The van der Waals surface area contributed by atoms with Crippen LogP contribution >= 0.6 is 27.7 Å². The van der Waals surface area contributed by atoms with Gasteiger partial charge in [0, 0.05) is 9.37 Å². The van der Waals surface area contributed by atoms with Crippen molar-refractivity contribution in [3.63, 3.8) is 0 Å². The average Bonchev–Trinajstić information content (AvgIpc) is 3.48. The van der Waals surface area contributed by atoms with Crippen LogP contribution in [0.25, 0.3) is 12.2 Å². The van der Waals surface area contributed by atoms with Crippen molar-refractivity contribution < 1.29 is 29.1 Å². The van der Waals surface area contributed by atoms with E-state index < -0.39 is 0 Å². The number of rotatable bonds is 1. The van der Waals surface area contributed by atoms with Crippen molar-refractivity contribution in [1.82, 2.24) is 0 Å². The summed E-state index contributed by atoms with van der Waals surface area (Å²) < 4.78 is 1.17. The molecule has 2 aliphatic carbocycles. The molecular formula is C30H21BrSZr. The second kappa shape index (κ2) is 9.74. The first-order chi connectivity index (χ1) is 15.8. The maximum absolute atomic E-state index is 3.62. The van der Waals surface area contributed by atoms with Crippen molar-refractivity contribution >= 4 is 39.8 Å². The molecule has 2 atom stereocenters. The van der Waals surface area contributed by atoms with Gasteiger partial charge in [-0.1, -0.05) is 117 Å². The van der Waals surface area contributed by atoms with Crippen molar-refractivity contribution in [3.8, 4) is 0 Å². The molecule has 4 aromatic carbocycles. The van der Waals surface area contributed by atoms with Gasteiger partial charge in [0.05, 0.1) is 0 Å². The zero-order valence-corrected chi connectivity index (χ0v) is 22.6. The van der Waals surface area contributed by atoms with Crippen LogP contribution in [0, 0.1) is 12.2 Å². The minimum atomic E-state index is 0. The van der Waals surface area contributed by atoms with E-state index in [4.69, 9.17) is 0 Å². The molecule has 0 amide bonds. The molecule has 3 heteroatoms. The number of hydrogen-bond acceptors (Lipinski definition) is 1. The van der Waals surface area contributed by atoms with Crippen LogP contribution in [0.1, 0.15) is 48.1 Å². The van der Waals surface area contributed by atoms with Crippen molar-refractivity contribution in [3.05, 3.63) is 141 Å². The first kappa shape index (κ1) is 22.8. The Morgan fingerprint density at radius 2 is 1.42 bits per heavy atom. The van der Waals surface area contributed by atoms with Crippen LogP contribution in [-0.4, -0.2) is 0 Å². The van der Waals surface area contributed by atoms with Gasteiger partial charge < -0.3 is 2.85 Å². The van der Waals surface area contributed by atoms with Gasteiger partial charge in [0.15, 0.2) is 0 Å². The second-order valence-corrected chi connectivity index (χ2v) is 10.0. The van der Waals surface area contributed by atoms with Gasteiger partial charge in [0.1, 0.15) is 0 Å². The van der Waals surface area contributed by atoms with E-state index in [1.165, 1.54) is 47.6 Å². The van der Waals surface area contributed by atoms with Gasteiger partial charge in [-0.15, -0.1) is 29.0 Å². The molecule has 0 radical (unpaired) electrons. The molecule has 6 bridgehead atoms. The quantitative estimate of drug-likeness (QED) is 0.202. The SMILES string of the molecule is Brc1cccc2c1C(c1ccccc1)[C-]=C2.[C-]1=Cc2c3cccc2C1c1ccc(cc1)S3.[H-].[H-].[Zr+4]. The third-order valence-electron chi connectivity index (χ3n) is 6.16. The maximum Gasteiger partial charge on any atom is 4.00 e. The number of allylic oxidation sites excluding steroid dienone is 2. The van der Waals surface area contributed by atoms with E-state index in [0.29, 0.717) is 5.92 Å². The van der Waals surface area contributed by atoms with Gasteiger partial charge in [-0.2, -0.15) is 11.1 Å². The van der Waals surface area contributed by atoms with Gasteiger partial charge in [-0.25, -0.2) is 12.2 Å². The zero-order chi connectivity index (χ0) is 21.5. The molecule has 8 rings (SSSR count). The Bertz CT molecular complexity index is 1370. The molecule has 33 heavy (non-hydrogen) atoms. The van der Waals surface area contributed by atoms with Crippen molar-refractivity contribution in [1.29, 1.82) is 0 Å². The minimum Gasteiger partial charge on any atom is -1.00 e. The fourth-order valence-electron chi connectivity index (χ4n) is 4.59. The monoisotopic (exact) mass is 582 g/mol. The molecule has 0 saturated carbocycles. The van der Waals surface area contributed by atoms with Gasteiger partial charge in [0.25, 0.3) is 0 Å². The fourth-order valence-corrected chi connectivity index (χ4v) is 6.16. The molecule has 158 valence electrons. The predicted molar refractivity (Wildman–Crippen MR) is 139 cm³/mol. The van der Waals surface area contributed by atoms with E-state index in [1.54, 1.807) is 0 Å². The third kappa shape index (κ3) is 4.32. The zero-order valence-electron chi connectivity index (χ0n) is 19.8. The van der Waals surface area contributed by atoms with Crippen molar-refractivity contribution in [2.45, 2.75) is 21.6 Å². The molecule has 2 unspecified atom stereocenters. The van der Waals surface area contributed by atoms with E-state index in [1.807, 2.05) is 17.8 Å². The largest absolute Gasteiger partial charge is 4.00 e. The minimum absolute atomic E-state index is 0. The molecule has 0 nitrogen and oxygen atoms in total. The molecule has 2 heterocycles.